The summed E-state index contributed by atoms with van der Waals surface area (Å²) in [6.45, 7) is 0.896. The zero-order valence-corrected chi connectivity index (χ0v) is 11.4. The predicted molar refractivity (Wildman–Crippen MR) is 75.4 cm³/mol. The maximum absolute atomic E-state index is 5.97. The lowest BCUT2D eigenvalue weighted by Gasteiger charge is -2.09. The lowest BCUT2D eigenvalue weighted by atomic mass is 10.3. The molecule has 0 heterocycles. The number of benzene rings is 2. The third kappa shape index (κ3) is 4.07. The molecule has 0 saturated carbocycles. The fraction of sp³-hybridized carbons (Fsp3) is 0.200. The van der Waals surface area contributed by atoms with Crippen LogP contribution < -0.4 is 14.2 Å². The Bertz CT molecular complexity index is 511. The summed E-state index contributed by atoms with van der Waals surface area (Å²) in [6.07, 6.45) is 0. The summed E-state index contributed by atoms with van der Waals surface area (Å²) in [6, 6.07) is 14.8. The second-order valence-electron chi connectivity index (χ2n) is 3.80. The Kier molecular flexibility index (Phi) is 4.93. The summed E-state index contributed by atoms with van der Waals surface area (Å²) in [5.74, 6) is 2.26. The van der Waals surface area contributed by atoms with Crippen molar-refractivity contribution in [2.24, 2.45) is 0 Å². The van der Waals surface area contributed by atoms with Crippen molar-refractivity contribution in [3.63, 3.8) is 0 Å². The van der Waals surface area contributed by atoms with Gasteiger partial charge in [0, 0.05) is 0 Å². The molecule has 2 aromatic carbocycles. The molecular weight excluding hydrogens is 264 g/mol. The van der Waals surface area contributed by atoms with Gasteiger partial charge in [-0.3, -0.25) is 0 Å². The van der Waals surface area contributed by atoms with Crippen LogP contribution in [0.3, 0.4) is 0 Å². The molecule has 0 aliphatic rings. The van der Waals surface area contributed by atoms with E-state index in [4.69, 9.17) is 25.8 Å². The highest BCUT2D eigenvalue weighted by atomic mass is 35.5. The summed E-state index contributed by atoms with van der Waals surface area (Å²) in [5.41, 5.74) is 0. The highest BCUT2D eigenvalue weighted by Crippen LogP contribution is 2.23. The number of para-hydroxylation sites is 1. The monoisotopic (exact) mass is 278 g/mol. The maximum Gasteiger partial charge on any atom is 0.138 e. The third-order valence-corrected chi connectivity index (χ3v) is 2.82. The van der Waals surface area contributed by atoms with Crippen LogP contribution in [0.5, 0.6) is 17.2 Å². The quantitative estimate of drug-likeness (QED) is 0.752. The first kappa shape index (κ1) is 13.6. The average Bonchev–Trinajstić information content (AvgIpc) is 2.46. The van der Waals surface area contributed by atoms with Crippen LogP contribution in [0.2, 0.25) is 5.02 Å². The Morgan fingerprint density at radius 2 is 1.47 bits per heavy atom. The van der Waals surface area contributed by atoms with Crippen molar-refractivity contribution < 1.29 is 14.2 Å². The second kappa shape index (κ2) is 6.90. The van der Waals surface area contributed by atoms with E-state index < -0.39 is 0 Å². The summed E-state index contributed by atoms with van der Waals surface area (Å²) < 4.78 is 16.1. The fourth-order valence-electron chi connectivity index (χ4n) is 1.54. The smallest absolute Gasteiger partial charge is 0.138 e. The first-order valence-corrected chi connectivity index (χ1v) is 6.31. The molecule has 2 rings (SSSR count). The normalized spacial score (nSPS) is 10.0. The summed E-state index contributed by atoms with van der Waals surface area (Å²) in [5, 5.41) is 0.604. The van der Waals surface area contributed by atoms with E-state index in [9.17, 15) is 0 Å². The van der Waals surface area contributed by atoms with Crippen molar-refractivity contribution in [1.29, 1.82) is 0 Å². The third-order valence-electron chi connectivity index (χ3n) is 2.51. The van der Waals surface area contributed by atoms with Gasteiger partial charge in [-0.05, 0) is 36.4 Å². The molecule has 0 aromatic heterocycles. The molecule has 0 aliphatic heterocycles. The largest absolute Gasteiger partial charge is 0.497 e. The number of rotatable bonds is 6. The van der Waals surface area contributed by atoms with E-state index in [1.165, 1.54) is 0 Å². The van der Waals surface area contributed by atoms with Crippen LogP contribution in [0.4, 0.5) is 0 Å². The molecular formula is C15H15ClO3. The molecule has 0 fully saturated rings. The number of ether oxygens (including phenoxy) is 3. The van der Waals surface area contributed by atoms with Crippen LogP contribution in [0.25, 0.3) is 0 Å². The Balaban J connectivity index is 1.76. The zero-order valence-electron chi connectivity index (χ0n) is 10.6. The van der Waals surface area contributed by atoms with Crippen molar-refractivity contribution in [1.82, 2.24) is 0 Å². The SMILES string of the molecule is COc1ccc(OCCOc2ccccc2Cl)cc1. The molecule has 4 heteroatoms. The summed E-state index contributed by atoms with van der Waals surface area (Å²) in [7, 11) is 1.63. The predicted octanol–water partition coefficient (Wildman–Crippen LogP) is 3.81. The summed E-state index contributed by atoms with van der Waals surface area (Å²) in [4.78, 5) is 0. The van der Waals surface area contributed by atoms with Crippen molar-refractivity contribution in [3.05, 3.63) is 53.6 Å². The van der Waals surface area contributed by atoms with Crippen molar-refractivity contribution >= 4 is 11.6 Å². The molecule has 19 heavy (non-hydrogen) atoms. The van der Waals surface area contributed by atoms with E-state index in [-0.39, 0.29) is 0 Å². The summed E-state index contributed by atoms with van der Waals surface area (Å²) >= 11 is 5.97. The van der Waals surface area contributed by atoms with Gasteiger partial charge in [-0.15, -0.1) is 0 Å². The minimum Gasteiger partial charge on any atom is -0.497 e. The second-order valence-corrected chi connectivity index (χ2v) is 4.21. The van der Waals surface area contributed by atoms with E-state index in [2.05, 4.69) is 0 Å². The number of halogens is 1. The van der Waals surface area contributed by atoms with Crippen molar-refractivity contribution in [3.8, 4) is 17.2 Å². The van der Waals surface area contributed by atoms with Gasteiger partial charge in [0.15, 0.2) is 0 Å². The van der Waals surface area contributed by atoms with Crippen LogP contribution in [0.15, 0.2) is 48.5 Å². The first-order chi connectivity index (χ1) is 9.29. The molecule has 0 amide bonds. The van der Waals surface area contributed by atoms with Crippen LogP contribution in [-0.4, -0.2) is 20.3 Å². The molecule has 0 atom stereocenters. The van der Waals surface area contributed by atoms with Gasteiger partial charge in [-0.2, -0.15) is 0 Å². The molecule has 0 saturated heterocycles. The van der Waals surface area contributed by atoms with Gasteiger partial charge in [0.2, 0.25) is 0 Å². The van der Waals surface area contributed by atoms with E-state index in [0.717, 1.165) is 11.5 Å². The lowest BCUT2D eigenvalue weighted by molar-refractivity contribution is 0.217. The topological polar surface area (TPSA) is 27.7 Å². The van der Waals surface area contributed by atoms with Gasteiger partial charge < -0.3 is 14.2 Å². The molecule has 100 valence electrons. The van der Waals surface area contributed by atoms with Gasteiger partial charge in [0.05, 0.1) is 12.1 Å². The van der Waals surface area contributed by atoms with E-state index in [0.29, 0.717) is 24.0 Å². The molecule has 2 aromatic rings. The van der Waals surface area contributed by atoms with E-state index in [1.54, 1.807) is 13.2 Å². The molecule has 0 spiro atoms. The van der Waals surface area contributed by atoms with Crippen molar-refractivity contribution in [2.45, 2.75) is 0 Å². The Labute approximate surface area is 117 Å². The fourth-order valence-corrected chi connectivity index (χ4v) is 1.74. The van der Waals surface area contributed by atoms with Gasteiger partial charge in [0.1, 0.15) is 30.5 Å². The van der Waals surface area contributed by atoms with E-state index >= 15 is 0 Å². The highest BCUT2D eigenvalue weighted by molar-refractivity contribution is 6.32. The Morgan fingerprint density at radius 1 is 0.842 bits per heavy atom. The molecule has 0 unspecified atom stereocenters. The van der Waals surface area contributed by atoms with Gasteiger partial charge in [-0.25, -0.2) is 0 Å². The van der Waals surface area contributed by atoms with Crippen LogP contribution in [0, 0.1) is 0 Å². The maximum atomic E-state index is 5.97. The van der Waals surface area contributed by atoms with Gasteiger partial charge >= 0.3 is 0 Å². The zero-order chi connectivity index (χ0) is 13.5. The number of hydrogen-bond donors (Lipinski definition) is 0. The standard InChI is InChI=1S/C15H15ClO3/c1-17-12-6-8-13(9-7-12)18-10-11-19-15-5-3-2-4-14(15)16/h2-9H,10-11H2,1H3. The Hall–Kier alpha value is -1.87. The molecule has 0 N–H and O–H groups in total. The van der Waals surface area contributed by atoms with Gasteiger partial charge in [0.25, 0.3) is 0 Å². The molecule has 0 radical (unpaired) electrons. The minimum atomic E-state index is 0.440. The van der Waals surface area contributed by atoms with Crippen LogP contribution >= 0.6 is 11.6 Å². The Morgan fingerprint density at radius 3 is 2.16 bits per heavy atom. The minimum absolute atomic E-state index is 0.440. The highest BCUT2D eigenvalue weighted by Gasteiger charge is 2.00. The number of methoxy groups -OCH3 is 1. The molecule has 3 nitrogen and oxygen atoms in total. The lowest BCUT2D eigenvalue weighted by Crippen LogP contribution is -2.09. The van der Waals surface area contributed by atoms with Gasteiger partial charge in [-0.1, -0.05) is 23.7 Å². The van der Waals surface area contributed by atoms with Crippen molar-refractivity contribution in [2.75, 3.05) is 20.3 Å². The van der Waals surface area contributed by atoms with Crippen LogP contribution in [0.1, 0.15) is 0 Å². The van der Waals surface area contributed by atoms with E-state index in [1.807, 2.05) is 42.5 Å². The first-order valence-electron chi connectivity index (χ1n) is 5.94. The average molecular weight is 279 g/mol. The molecule has 0 aliphatic carbocycles. The molecule has 0 bridgehead atoms. The number of hydrogen-bond acceptors (Lipinski definition) is 3. The van der Waals surface area contributed by atoms with Crippen LogP contribution in [-0.2, 0) is 0 Å².